The van der Waals surface area contributed by atoms with Crippen molar-refractivity contribution in [1.82, 2.24) is 14.8 Å². The molecule has 1 fully saturated rings. The van der Waals surface area contributed by atoms with Gasteiger partial charge in [0.2, 0.25) is 0 Å². The molecule has 5 nitrogen and oxygen atoms in total. The third-order valence-electron chi connectivity index (χ3n) is 7.29. The summed E-state index contributed by atoms with van der Waals surface area (Å²) in [7, 11) is 0. The zero-order chi connectivity index (χ0) is 21.5. The topological polar surface area (TPSA) is 52.5 Å². The minimum absolute atomic E-state index is 0.00387. The predicted molar refractivity (Wildman–Crippen MR) is 124 cm³/mol. The lowest BCUT2D eigenvalue weighted by Gasteiger charge is -2.51. The number of benzene rings is 2. The molecule has 1 amide bonds. The van der Waals surface area contributed by atoms with E-state index in [1.165, 1.54) is 22.2 Å². The number of amides is 1. The van der Waals surface area contributed by atoms with Crippen molar-refractivity contribution in [3.63, 3.8) is 0 Å². The van der Waals surface area contributed by atoms with Crippen LogP contribution in [0, 0.1) is 0 Å². The molecule has 0 unspecified atom stereocenters. The Kier molecular flexibility index (Phi) is 4.65. The Morgan fingerprint density at radius 1 is 0.938 bits per heavy atom. The molecule has 2 aliphatic rings. The lowest BCUT2D eigenvalue weighted by atomic mass is 9.77. The number of carbonyl (C=O) groups is 1. The molecule has 1 saturated heterocycles. The second kappa shape index (κ2) is 7.68. The first-order valence-electron chi connectivity index (χ1n) is 11.5. The van der Waals surface area contributed by atoms with Crippen molar-refractivity contribution < 1.29 is 9.21 Å². The molecule has 2 aromatic carbocycles. The molecule has 4 aromatic rings. The number of rotatable bonds is 3. The van der Waals surface area contributed by atoms with Crippen LogP contribution >= 0.6 is 0 Å². The number of furan rings is 1. The van der Waals surface area contributed by atoms with Crippen LogP contribution in [0.5, 0.6) is 0 Å². The summed E-state index contributed by atoms with van der Waals surface area (Å²) in [6, 6.07) is 22.7. The standard InChI is InChI=1S/C27H27N3O2/c31-26(24-11-6-18-32-24)30-15-12-22-21-9-4-5-10-23(21)28-25(22)27(30)13-16-29(17-14-27)19-20-7-2-1-3-8-20/h1-11,18,28H,12-17,19H2. The largest absolute Gasteiger partial charge is 0.459 e. The van der Waals surface area contributed by atoms with Gasteiger partial charge in [-0.2, -0.15) is 0 Å². The summed E-state index contributed by atoms with van der Waals surface area (Å²) in [5.74, 6) is 0.423. The maximum Gasteiger partial charge on any atom is 0.290 e. The van der Waals surface area contributed by atoms with Crippen molar-refractivity contribution in [2.45, 2.75) is 31.3 Å². The van der Waals surface area contributed by atoms with Gasteiger partial charge in [-0.1, -0.05) is 48.5 Å². The third kappa shape index (κ3) is 3.07. The summed E-state index contributed by atoms with van der Waals surface area (Å²) in [5, 5.41) is 1.29. The van der Waals surface area contributed by atoms with Crippen LogP contribution in [0.15, 0.2) is 77.4 Å². The Bertz CT molecular complexity index is 1230. The van der Waals surface area contributed by atoms with E-state index in [2.05, 4.69) is 69.4 Å². The molecule has 4 heterocycles. The number of nitrogens with zero attached hydrogens (tertiary/aromatic N) is 2. The van der Waals surface area contributed by atoms with Crippen molar-refractivity contribution in [3.05, 3.63) is 95.6 Å². The average Bonchev–Trinajstić information content (AvgIpc) is 3.50. The Balaban J connectivity index is 1.37. The Labute approximate surface area is 187 Å². The number of hydrogen-bond donors (Lipinski definition) is 1. The van der Waals surface area contributed by atoms with Crippen LogP contribution < -0.4 is 0 Å². The summed E-state index contributed by atoms with van der Waals surface area (Å²) < 4.78 is 5.52. The fourth-order valence-corrected chi connectivity index (χ4v) is 5.70. The van der Waals surface area contributed by atoms with Crippen molar-refractivity contribution in [2.75, 3.05) is 19.6 Å². The number of H-pyrrole nitrogens is 1. The molecule has 0 radical (unpaired) electrons. The van der Waals surface area contributed by atoms with Gasteiger partial charge in [0.05, 0.1) is 11.8 Å². The number of para-hydroxylation sites is 1. The molecule has 5 heteroatoms. The highest BCUT2D eigenvalue weighted by Crippen LogP contribution is 2.46. The van der Waals surface area contributed by atoms with Gasteiger partial charge in [-0.3, -0.25) is 9.69 Å². The highest BCUT2D eigenvalue weighted by atomic mass is 16.3. The van der Waals surface area contributed by atoms with Crippen LogP contribution in [0.3, 0.4) is 0 Å². The third-order valence-corrected chi connectivity index (χ3v) is 7.29. The molecule has 6 rings (SSSR count). The summed E-state index contributed by atoms with van der Waals surface area (Å²) in [6.45, 7) is 3.56. The van der Waals surface area contributed by atoms with E-state index in [0.29, 0.717) is 12.3 Å². The molecule has 0 saturated carbocycles. The zero-order valence-corrected chi connectivity index (χ0v) is 18.1. The Morgan fingerprint density at radius 3 is 2.50 bits per heavy atom. The smallest absolute Gasteiger partial charge is 0.290 e. The first-order valence-corrected chi connectivity index (χ1v) is 11.5. The maximum atomic E-state index is 13.5. The van der Waals surface area contributed by atoms with Gasteiger partial charge in [-0.15, -0.1) is 0 Å². The molecule has 0 aliphatic carbocycles. The Morgan fingerprint density at radius 2 is 1.72 bits per heavy atom. The van der Waals surface area contributed by atoms with Crippen molar-refractivity contribution in [1.29, 1.82) is 0 Å². The first-order chi connectivity index (χ1) is 15.7. The SMILES string of the molecule is O=C(c1ccco1)N1CCc2c([nH]c3ccccc23)C12CCN(Cc1ccccc1)CC2. The van der Waals surface area contributed by atoms with Crippen LogP contribution in [0.25, 0.3) is 10.9 Å². The van der Waals surface area contributed by atoms with Gasteiger partial charge in [0.15, 0.2) is 5.76 Å². The Hall–Kier alpha value is -3.31. The van der Waals surface area contributed by atoms with Gasteiger partial charge >= 0.3 is 0 Å². The monoisotopic (exact) mass is 425 g/mol. The number of nitrogens with one attached hydrogen (secondary N) is 1. The van der Waals surface area contributed by atoms with Gasteiger partial charge in [0.1, 0.15) is 0 Å². The summed E-state index contributed by atoms with van der Waals surface area (Å²) >= 11 is 0. The van der Waals surface area contributed by atoms with Crippen molar-refractivity contribution in [3.8, 4) is 0 Å². The number of piperidine rings is 1. The van der Waals surface area contributed by atoms with Crippen LogP contribution in [0.4, 0.5) is 0 Å². The number of hydrogen-bond acceptors (Lipinski definition) is 3. The van der Waals surface area contributed by atoms with Gasteiger partial charge < -0.3 is 14.3 Å². The molecular weight excluding hydrogens is 398 g/mol. The second-order valence-corrected chi connectivity index (χ2v) is 9.00. The van der Waals surface area contributed by atoms with Gasteiger partial charge in [-0.25, -0.2) is 0 Å². The van der Waals surface area contributed by atoms with E-state index in [0.717, 1.165) is 44.4 Å². The fraction of sp³-hybridized carbons (Fsp3) is 0.296. The average molecular weight is 426 g/mol. The van der Waals surface area contributed by atoms with Crippen LogP contribution in [0.1, 0.15) is 40.2 Å². The zero-order valence-electron chi connectivity index (χ0n) is 18.1. The van der Waals surface area contributed by atoms with Gasteiger partial charge in [-0.05, 0) is 48.6 Å². The highest BCUT2D eigenvalue weighted by Gasteiger charge is 2.49. The fourth-order valence-electron chi connectivity index (χ4n) is 5.70. The molecule has 0 atom stereocenters. The lowest BCUT2D eigenvalue weighted by Crippen LogP contribution is -2.58. The second-order valence-electron chi connectivity index (χ2n) is 9.00. The molecule has 2 aromatic heterocycles. The molecule has 1 spiro atoms. The van der Waals surface area contributed by atoms with E-state index in [4.69, 9.17) is 4.42 Å². The minimum Gasteiger partial charge on any atom is -0.459 e. The van der Waals surface area contributed by atoms with E-state index < -0.39 is 0 Å². The molecule has 162 valence electrons. The summed E-state index contributed by atoms with van der Waals surface area (Å²) in [6.07, 6.45) is 4.26. The van der Waals surface area contributed by atoms with Crippen molar-refractivity contribution in [2.24, 2.45) is 0 Å². The normalized spacial score (nSPS) is 18.2. The molecule has 0 bridgehead atoms. The number of carbonyl (C=O) groups excluding carboxylic acids is 1. The van der Waals surface area contributed by atoms with E-state index >= 15 is 0 Å². The highest BCUT2D eigenvalue weighted by molar-refractivity contribution is 5.93. The molecular formula is C27H27N3O2. The number of aromatic nitrogens is 1. The molecule has 2 aliphatic heterocycles. The number of aromatic amines is 1. The van der Waals surface area contributed by atoms with E-state index in [1.54, 1.807) is 18.4 Å². The predicted octanol–water partition coefficient (Wildman–Crippen LogP) is 4.95. The quantitative estimate of drug-likeness (QED) is 0.505. The van der Waals surface area contributed by atoms with E-state index in [1.807, 2.05) is 0 Å². The summed E-state index contributed by atoms with van der Waals surface area (Å²) in [5.41, 5.74) is 4.77. The van der Waals surface area contributed by atoms with Crippen molar-refractivity contribution >= 4 is 16.8 Å². The van der Waals surface area contributed by atoms with Gasteiger partial charge in [0.25, 0.3) is 5.91 Å². The first kappa shape index (κ1) is 19.4. The maximum absolute atomic E-state index is 13.5. The lowest BCUT2D eigenvalue weighted by molar-refractivity contribution is 0.00567. The van der Waals surface area contributed by atoms with Crippen LogP contribution in [-0.4, -0.2) is 40.3 Å². The summed E-state index contributed by atoms with van der Waals surface area (Å²) in [4.78, 5) is 21.9. The van der Waals surface area contributed by atoms with E-state index in [-0.39, 0.29) is 11.4 Å². The van der Waals surface area contributed by atoms with E-state index in [9.17, 15) is 4.79 Å². The number of likely N-dealkylation sites (tertiary alicyclic amines) is 1. The molecule has 32 heavy (non-hydrogen) atoms. The van der Waals surface area contributed by atoms with Gasteiger partial charge in [0, 0.05) is 42.8 Å². The molecule has 1 N–H and O–H groups in total. The minimum atomic E-state index is -0.330. The van der Waals surface area contributed by atoms with Crippen LogP contribution in [-0.2, 0) is 18.5 Å². The number of fused-ring (bicyclic) bond motifs is 4. The van der Waals surface area contributed by atoms with Crippen LogP contribution in [0.2, 0.25) is 0 Å².